The fourth-order valence-electron chi connectivity index (χ4n) is 3.73. The Morgan fingerprint density at radius 1 is 1.11 bits per heavy atom. The van der Waals surface area contributed by atoms with Crippen LogP contribution < -0.4 is 5.32 Å². The molecule has 1 aromatic carbocycles. The molecule has 0 spiro atoms. The highest BCUT2D eigenvalue weighted by molar-refractivity contribution is 5.97. The van der Waals surface area contributed by atoms with Crippen LogP contribution in [0.2, 0.25) is 0 Å². The van der Waals surface area contributed by atoms with Gasteiger partial charge in [0.05, 0.1) is 17.6 Å². The van der Waals surface area contributed by atoms with Crippen molar-refractivity contribution >= 4 is 29.2 Å². The number of carbonyl (C=O) groups is 2. The van der Waals surface area contributed by atoms with Gasteiger partial charge in [-0.2, -0.15) is 0 Å². The molecule has 0 saturated heterocycles. The van der Waals surface area contributed by atoms with Crippen LogP contribution in [0.3, 0.4) is 0 Å². The summed E-state index contributed by atoms with van der Waals surface area (Å²) in [5.74, 6) is 1.55. The molecule has 2 aromatic rings. The van der Waals surface area contributed by atoms with Crippen molar-refractivity contribution < 1.29 is 14.3 Å². The molecule has 1 aromatic heterocycles. The summed E-state index contributed by atoms with van der Waals surface area (Å²) in [6, 6.07) is 5.63. The second kappa shape index (κ2) is 19.6. The quantitative estimate of drug-likeness (QED) is 0.356. The molecule has 8 heteroatoms. The number of anilines is 1. The van der Waals surface area contributed by atoms with Crippen LogP contribution in [0.15, 0.2) is 18.2 Å². The van der Waals surface area contributed by atoms with Gasteiger partial charge in [-0.3, -0.25) is 4.79 Å². The molecule has 0 fully saturated rings. The Kier molecular flexibility index (Phi) is 18.3. The van der Waals surface area contributed by atoms with Crippen molar-refractivity contribution in [3.63, 3.8) is 0 Å². The molecule has 0 aliphatic heterocycles. The molecule has 1 N–H and O–H groups in total. The third-order valence-electron chi connectivity index (χ3n) is 5.55. The van der Waals surface area contributed by atoms with Crippen LogP contribution in [0.1, 0.15) is 71.7 Å². The van der Waals surface area contributed by atoms with Crippen molar-refractivity contribution in [3.05, 3.63) is 23.8 Å². The van der Waals surface area contributed by atoms with Gasteiger partial charge in [0.2, 0.25) is 5.95 Å². The number of unbranched alkanes of at least 4 members (excludes halogenated alkanes) is 1. The summed E-state index contributed by atoms with van der Waals surface area (Å²) in [7, 11) is 5.41. The summed E-state index contributed by atoms with van der Waals surface area (Å²) in [6.45, 7) is 19.8. The standard InChI is InChI=1S/C20H30N4O2.C7H17N.C2H6O/c1-6-24-18-11-16(7-8-17(18)22-20(24)21-9-10-25)19(26)23(12-14(2)3)13-15(4)5;1-4-6-7-8(3)5-2;1-3-2/h7-8,10-11,14-15H,6,9,12-13H2,1-5H3,(H,21,22);4-7H2,1-3H3;1-2H3. The molecule has 0 aliphatic rings. The Labute approximate surface area is 225 Å². The molecule has 0 radical (unpaired) electrons. The molecule has 1 heterocycles. The van der Waals surface area contributed by atoms with E-state index in [-0.39, 0.29) is 12.5 Å². The number of imidazole rings is 1. The van der Waals surface area contributed by atoms with Crippen LogP contribution in [0, 0.1) is 11.8 Å². The minimum atomic E-state index is 0.0561. The van der Waals surface area contributed by atoms with Gasteiger partial charge in [0.1, 0.15) is 6.29 Å². The summed E-state index contributed by atoms with van der Waals surface area (Å²) in [4.78, 5) is 32.5. The van der Waals surface area contributed by atoms with E-state index in [4.69, 9.17) is 0 Å². The topological polar surface area (TPSA) is 79.7 Å². The van der Waals surface area contributed by atoms with E-state index in [1.165, 1.54) is 25.9 Å². The molecule has 0 atom stereocenters. The largest absolute Gasteiger partial charge is 0.388 e. The zero-order chi connectivity index (χ0) is 28.4. The number of methoxy groups -OCH3 is 1. The zero-order valence-corrected chi connectivity index (χ0v) is 25.1. The van der Waals surface area contributed by atoms with Crippen molar-refractivity contribution in [1.29, 1.82) is 0 Å². The average molecular weight is 520 g/mol. The number of aryl methyl sites for hydroxylation is 1. The molecule has 212 valence electrons. The van der Waals surface area contributed by atoms with Gasteiger partial charge in [0.15, 0.2) is 0 Å². The lowest BCUT2D eigenvalue weighted by molar-refractivity contribution is -0.106. The second-order valence-electron chi connectivity index (χ2n) is 10.1. The SMILES string of the molecule is CCCCN(C)CC.CCn1c(NCC=O)nc2ccc(C(=O)N(CC(C)C)CC(C)C)cc21.COC. The first kappa shape index (κ1) is 34.6. The highest BCUT2D eigenvalue weighted by Gasteiger charge is 2.20. The third kappa shape index (κ3) is 13.1. The van der Waals surface area contributed by atoms with Crippen molar-refractivity contribution in [2.45, 2.75) is 67.9 Å². The van der Waals surface area contributed by atoms with Gasteiger partial charge < -0.3 is 29.2 Å². The summed E-state index contributed by atoms with van der Waals surface area (Å²) in [5, 5.41) is 3.02. The lowest BCUT2D eigenvalue weighted by atomic mass is 10.1. The van der Waals surface area contributed by atoms with E-state index in [1.54, 1.807) is 14.2 Å². The first-order chi connectivity index (χ1) is 17.6. The smallest absolute Gasteiger partial charge is 0.253 e. The van der Waals surface area contributed by atoms with Crippen LogP contribution in [0.4, 0.5) is 5.95 Å². The molecule has 37 heavy (non-hydrogen) atoms. The number of hydrogen-bond donors (Lipinski definition) is 1. The summed E-state index contributed by atoms with van der Waals surface area (Å²) in [6.07, 6.45) is 3.46. The number of ether oxygens (including phenoxy) is 1. The van der Waals surface area contributed by atoms with E-state index in [0.717, 1.165) is 30.4 Å². The number of hydrogen-bond acceptors (Lipinski definition) is 6. The van der Waals surface area contributed by atoms with Gasteiger partial charge in [-0.1, -0.05) is 48.0 Å². The van der Waals surface area contributed by atoms with Gasteiger partial charge in [-0.25, -0.2) is 4.98 Å². The Balaban J connectivity index is 0.000000992. The Morgan fingerprint density at radius 3 is 2.16 bits per heavy atom. The first-order valence-electron chi connectivity index (χ1n) is 13.6. The molecule has 0 saturated carbocycles. The number of fused-ring (bicyclic) bond motifs is 1. The number of aromatic nitrogens is 2. The minimum absolute atomic E-state index is 0.0561. The van der Waals surface area contributed by atoms with Gasteiger partial charge >= 0.3 is 0 Å². The minimum Gasteiger partial charge on any atom is -0.388 e. The van der Waals surface area contributed by atoms with Gasteiger partial charge in [-0.05, 0) is 63.5 Å². The summed E-state index contributed by atoms with van der Waals surface area (Å²) in [5.41, 5.74) is 2.40. The van der Waals surface area contributed by atoms with Gasteiger partial charge in [0.25, 0.3) is 5.91 Å². The van der Waals surface area contributed by atoms with Crippen LogP contribution in [0.5, 0.6) is 0 Å². The summed E-state index contributed by atoms with van der Waals surface area (Å²) >= 11 is 0. The number of carbonyl (C=O) groups excluding carboxylic acids is 2. The number of rotatable bonds is 13. The second-order valence-corrected chi connectivity index (χ2v) is 10.1. The van der Waals surface area contributed by atoms with E-state index >= 15 is 0 Å². The van der Waals surface area contributed by atoms with Crippen LogP contribution >= 0.6 is 0 Å². The van der Waals surface area contributed by atoms with Gasteiger partial charge in [-0.15, -0.1) is 0 Å². The predicted octanol–water partition coefficient (Wildman–Crippen LogP) is 5.42. The van der Waals surface area contributed by atoms with E-state index in [9.17, 15) is 9.59 Å². The van der Waals surface area contributed by atoms with Crippen molar-refractivity contribution in [3.8, 4) is 0 Å². The number of benzene rings is 1. The summed E-state index contributed by atoms with van der Waals surface area (Å²) < 4.78 is 6.24. The maximum atomic E-state index is 13.1. The molecule has 0 aliphatic carbocycles. The molecule has 2 rings (SSSR count). The number of nitrogens with one attached hydrogen (secondary N) is 1. The first-order valence-corrected chi connectivity index (χ1v) is 13.6. The van der Waals surface area contributed by atoms with Crippen LogP contribution in [-0.4, -0.2) is 85.5 Å². The highest BCUT2D eigenvalue weighted by atomic mass is 16.4. The third-order valence-corrected chi connectivity index (χ3v) is 5.55. The Morgan fingerprint density at radius 2 is 1.70 bits per heavy atom. The van der Waals surface area contributed by atoms with Gasteiger partial charge in [0, 0.05) is 39.4 Å². The average Bonchev–Trinajstić information content (AvgIpc) is 3.21. The number of aldehydes is 1. The Hall–Kier alpha value is -2.45. The molecular formula is C29H53N5O3. The van der Waals surface area contributed by atoms with Crippen molar-refractivity contribution in [1.82, 2.24) is 19.4 Å². The van der Waals surface area contributed by atoms with E-state index in [1.807, 2.05) is 34.6 Å². The number of amides is 1. The molecule has 0 unspecified atom stereocenters. The van der Waals surface area contributed by atoms with E-state index < -0.39 is 0 Å². The lowest BCUT2D eigenvalue weighted by Gasteiger charge is -2.26. The maximum Gasteiger partial charge on any atom is 0.253 e. The maximum absolute atomic E-state index is 13.1. The Bertz CT molecular complexity index is 885. The molecule has 0 bridgehead atoms. The fourth-order valence-corrected chi connectivity index (χ4v) is 3.73. The van der Waals surface area contributed by atoms with E-state index in [0.29, 0.717) is 29.9 Å². The lowest BCUT2D eigenvalue weighted by Crippen LogP contribution is -2.37. The fraction of sp³-hybridized carbons (Fsp3) is 0.690. The van der Waals surface area contributed by atoms with Crippen molar-refractivity contribution in [2.24, 2.45) is 11.8 Å². The van der Waals surface area contributed by atoms with Crippen molar-refractivity contribution in [2.75, 3.05) is 59.3 Å². The highest BCUT2D eigenvalue weighted by Crippen LogP contribution is 2.22. The van der Waals surface area contributed by atoms with E-state index in [2.05, 4.69) is 68.5 Å². The molecule has 8 nitrogen and oxygen atoms in total. The van der Waals surface area contributed by atoms with Crippen LogP contribution in [-0.2, 0) is 16.1 Å². The molecular weight excluding hydrogens is 466 g/mol. The molecule has 1 amide bonds. The number of nitrogens with zero attached hydrogens (tertiary/aromatic N) is 4. The predicted molar refractivity (Wildman–Crippen MR) is 157 cm³/mol. The normalized spacial score (nSPS) is 10.7. The zero-order valence-electron chi connectivity index (χ0n) is 25.1. The van der Waals surface area contributed by atoms with Crippen LogP contribution in [0.25, 0.3) is 11.0 Å². The monoisotopic (exact) mass is 519 g/mol.